The second kappa shape index (κ2) is 3.14. The van der Waals surface area contributed by atoms with Crippen molar-refractivity contribution >= 4 is 21.4 Å². The molecule has 2 fully saturated rings. The topological polar surface area (TPSA) is 34.1 Å². The van der Waals surface area contributed by atoms with Crippen molar-refractivity contribution in [3.63, 3.8) is 0 Å². The minimum Gasteiger partial charge on any atom is -0.227 e. The Kier molecular flexibility index (Phi) is 2.13. The van der Waals surface area contributed by atoms with Crippen LogP contribution in [0.5, 0.6) is 0 Å². The van der Waals surface area contributed by atoms with E-state index in [0.29, 0.717) is 0 Å². The first-order chi connectivity index (χ1) is 7.53. The van der Waals surface area contributed by atoms with Crippen molar-refractivity contribution in [1.82, 2.24) is 0 Å². The highest BCUT2D eigenvalue weighted by atomic mass is 35.5. The van der Waals surface area contributed by atoms with E-state index in [2.05, 4.69) is 6.08 Å². The maximum absolute atomic E-state index is 12.1. The van der Waals surface area contributed by atoms with Crippen molar-refractivity contribution in [1.29, 1.82) is 0 Å². The molecule has 3 aliphatic rings. The molecule has 1 aliphatic heterocycles. The predicted octanol–water partition coefficient (Wildman–Crippen LogP) is 2.65. The lowest BCUT2D eigenvalue weighted by Gasteiger charge is -2.47. The summed E-state index contributed by atoms with van der Waals surface area (Å²) in [6.07, 6.45) is 12.1. The number of sulfone groups is 1. The molecule has 0 unspecified atom stereocenters. The Morgan fingerprint density at radius 1 is 1.12 bits per heavy atom. The third-order valence-corrected chi connectivity index (χ3v) is 7.66. The van der Waals surface area contributed by atoms with Crippen LogP contribution in [0.2, 0.25) is 0 Å². The Hall–Kier alpha value is -0.280. The Balaban J connectivity index is 2.23. The van der Waals surface area contributed by atoms with Crippen molar-refractivity contribution in [3.8, 4) is 0 Å². The van der Waals surface area contributed by atoms with Crippen molar-refractivity contribution in [2.24, 2.45) is 10.8 Å². The molecule has 0 aromatic heterocycles. The molecular formula is C12H15ClO2S. The Labute approximate surface area is 101 Å². The lowest BCUT2D eigenvalue weighted by atomic mass is 9.56. The van der Waals surface area contributed by atoms with Crippen LogP contribution in [0.3, 0.4) is 0 Å². The van der Waals surface area contributed by atoms with Crippen molar-refractivity contribution < 1.29 is 8.42 Å². The van der Waals surface area contributed by atoms with Gasteiger partial charge >= 0.3 is 0 Å². The van der Waals surface area contributed by atoms with Crippen LogP contribution in [0.15, 0.2) is 24.3 Å². The Morgan fingerprint density at radius 2 is 1.81 bits per heavy atom. The van der Waals surface area contributed by atoms with Gasteiger partial charge in [-0.15, -0.1) is 11.6 Å². The first-order valence-electron chi connectivity index (χ1n) is 5.75. The second-order valence-electron chi connectivity index (χ2n) is 5.25. The largest absolute Gasteiger partial charge is 0.227 e. The molecule has 2 aliphatic carbocycles. The van der Waals surface area contributed by atoms with Gasteiger partial charge in [0, 0.05) is 10.8 Å². The Bertz CT molecular complexity index is 479. The number of allylic oxidation sites excluding steroid dienone is 4. The van der Waals surface area contributed by atoms with E-state index in [-0.39, 0.29) is 16.6 Å². The third-order valence-electron chi connectivity index (χ3n) is 4.49. The molecule has 0 radical (unpaired) electrons. The molecule has 0 aromatic rings. The molecule has 3 atom stereocenters. The molecule has 1 saturated carbocycles. The van der Waals surface area contributed by atoms with Gasteiger partial charge in [0.05, 0.1) is 5.75 Å². The van der Waals surface area contributed by atoms with Gasteiger partial charge < -0.3 is 0 Å². The predicted molar refractivity (Wildman–Crippen MR) is 65.0 cm³/mol. The smallest absolute Gasteiger partial charge is 0.168 e. The average Bonchev–Trinajstić information content (AvgIpc) is 2.45. The summed E-state index contributed by atoms with van der Waals surface area (Å²) in [6.45, 7) is 0. The minimum atomic E-state index is -3.15. The van der Waals surface area contributed by atoms with Gasteiger partial charge in [-0.2, -0.15) is 0 Å². The van der Waals surface area contributed by atoms with E-state index >= 15 is 0 Å². The number of halogens is 1. The molecule has 0 bridgehead atoms. The van der Waals surface area contributed by atoms with Gasteiger partial charge in [0.15, 0.2) is 9.84 Å². The fourth-order valence-electron chi connectivity index (χ4n) is 3.72. The SMILES string of the molecule is O=S1(=O)C[C@@]23C=CC=C[C@]2(CCCC3)[C@H]1Cl. The van der Waals surface area contributed by atoms with E-state index in [4.69, 9.17) is 11.6 Å². The fraction of sp³-hybridized carbons (Fsp3) is 0.667. The lowest BCUT2D eigenvalue weighted by molar-refractivity contribution is 0.122. The Morgan fingerprint density at radius 3 is 2.56 bits per heavy atom. The summed E-state index contributed by atoms with van der Waals surface area (Å²) in [5.41, 5.74) is -0.550. The molecule has 0 amide bonds. The van der Waals surface area contributed by atoms with Gasteiger partial charge in [-0.05, 0) is 12.8 Å². The summed E-state index contributed by atoms with van der Waals surface area (Å²) >= 11 is 6.26. The number of hydrogen-bond acceptors (Lipinski definition) is 2. The van der Waals surface area contributed by atoms with Crippen LogP contribution in [0.1, 0.15) is 25.7 Å². The number of alkyl halides is 1. The maximum Gasteiger partial charge on any atom is 0.168 e. The van der Waals surface area contributed by atoms with Gasteiger partial charge in [0.1, 0.15) is 4.71 Å². The standard InChI is InChI=1S/C12H15ClO2S/c13-10-12-7-3-1-5-11(12,6-2-4-8-12)9-16(10,14)15/h1,3,5,7,10H,2,4,6,8-9H2/t10-,11-,12-/m0/s1. The second-order valence-corrected chi connectivity index (χ2v) is 8.03. The van der Waals surface area contributed by atoms with E-state index in [9.17, 15) is 8.42 Å². The molecule has 0 N–H and O–H groups in total. The van der Waals surface area contributed by atoms with Crippen LogP contribution in [0.4, 0.5) is 0 Å². The van der Waals surface area contributed by atoms with Crippen LogP contribution in [0, 0.1) is 10.8 Å². The molecule has 0 aromatic carbocycles. The van der Waals surface area contributed by atoms with Crippen molar-refractivity contribution in [2.45, 2.75) is 30.4 Å². The molecular weight excluding hydrogens is 244 g/mol. The highest BCUT2D eigenvalue weighted by Crippen LogP contribution is 2.63. The van der Waals surface area contributed by atoms with Gasteiger partial charge in [-0.25, -0.2) is 8.42 Å². The summed E-state index contributed by atoms with van der Waals surface area (Å²) in [6, 6.07) is 0. The zero-order chi connectivity index (χ0) is 11.4. The first kappa shape index (κ1) is 10.8. The molecule has 3 rings (SSSR count). The van der Waals surface area contributed by atoms with E-state index < -0.39 is 14.5 Å². The van der Waals surface area contributed by atoms with E-state index in [1.807, 2.05) is 18.2 Å². The normalized spacial score (nSPS) is 48.7. The van der Waals surface area contributed by atoms with Gasteiger partial charge in [0.25, 0.3) is 0 Å². The van der Waals surface area contributed by atoms with Gasteiger partial charge in [-0.3, -0.25) is 0 Å². The van der Waals surface area contributed by atoms with E-state index in [1.54, 1.807) is 0 Å². The average molecular weight is 259 g/mol. The third kappa shape index (κ3) is 1.11. The van der Waals surface area contributed by atoms with E-state index in [0.717, 1.165) is 25.7 Å². The van der Waals surface area contributed by atoms with Crippen LogP contribution in [-0.4, -0.2) is 18.9 Å². The van der Waals surface area contributed by atoms with Gasteiger partial charge in [-0.1, -0.05) is 37.1 Å². The summed E-state index contributed by atoms with van der Waals surface area (Å²) < 4.78 is 23.4. The fourth-order valence-corrected chi connectivity index (χ4v) is 6.75. The van der Waals surface area contributed by atoms with Crippen LogP contribution in [-0.2, 0) is 9.84 Å². The monoisotopic (exact) mass is 258 g/mol. The van der Waals surface area contributed by atoms with Crippen LogP contribution >= 0.6 is 11.6 Å². The minimum absolute atomic E-state index is 0.217. The summed E-state index contributed by atoms with van der Waals surface area (Å²) in [5, 5.41) is 0. The molecule has 4 heteroatoms. The van der Waals surface area contributed by atoms with Crippen LogP contribution in [0.25, 0.3) is 0 Å². The highest BCUT2D eigenvalue weighted by Gasteiger charge is 2.65. The summed E-state index contributed by atoms with van der Waals surface area (Å²) in [4.78, 5) is 0. The zero-order valence-corrected chi connectivity index (χ0v) is 10.6. The number of hydrogen-bond donors (Lipinski definition) is 0. The quantitative estimate of drug-likeness (QED) is 0.626. The maximum atomic E-state index is 12.1. The van der Waals surface area contributed by atoms with Crippen LogP contribution < -0.4 is 0 Å². The van der Waals surface area contributed by atoms with Crippen molar-refractivity contribution in [3.05, 3.63) is 24.3 Å². The first-order valence-corrected chi connectivity index (χ1v) is 7.90. The highest BCUT2D eigenvalue weighted by molar-refractivity contribution is 7.93. The molecule has 2 nitrogen and oxygen atoms in total. The molecule has 1 heterocycles. The van der Waals surface area contributed by atoms with Crippen molar-refractivity contribution in [2.75, 3.05) is 5.75 Å². The van der Waals surface area contributed by atoms with Gasteiger partial charge in [0.2, 0.25) is 0 Å². The molecule has 88 valence electrons. The molecule has 16 heavy (non-hydrogen) atoms. The summed E-state index contributed by atoms with van der Waals surface area (Å²) in [7, 11) is -3.15. The summed E-state index contributed by atoms with van der Waals surface area (Å²) in [5.74, 6) is 0.231. The molecule has 0 spiro atoms. The number of rotatable bonds is 0. The lowest BCUT2D eigenvalue weighted by Crippen LogP contribution is -2.44. The molecule has 1 saturated heterocycles. The van der Waals surface area contributed by atoms with E-state index in [1.165, 1.54) is 0 Å². The zero-order valence-electron chi connectivity index (χ0n) is 9.02.